The number of hydrogen-bond acceptors (Lipinski definition) is 6. The number of rotatable bonds is 5. The number of nitrogens with zero attached hydrogens (tertiary/aromatic N) is 5. The summed E-state index contributed by atoms with van der Waals surface area (Å²) in [5.74, 6) is -1.55. The molecule has 0 aliphatic heterocycles. The van der Waals surface area contributed by atoms with Crippen LogP contribution in [-0.4, -0.2) is 35.7 Å². The molecule has 1 N–H and O–H groups in total. The van der Waals surface area contributed by atoms with Crippen molar-refractivity contribution in [1.82, 2.24) is 19.7 Å². The van der Waals surface area contributed by atoms with Gasteiger partial charge < -0.3 is 15.2 Å². The maximum absolute atomic E-state index is 11.1. The van der Waals surface area contributed by atoms with E-state index in [1.807, 2.05) is 6.92 Å². The Bertz CT molecular complexity index is 715. The van der Waals surface area contributed by atoms with Crippen LogP contribution in [0.1, 0.15) is 29.4 Å². The lowest BCUT2D eigenvalue weighted by molar-refractivity contribution is -0.394. The monoisotopic (exact) mass is 355 g/mol. The summed E-state index contributed by atoms with van der Waals surface area (Å²) in [7, 11) is 0. The second-order valence-electron chi connectivity index (χ2n) is 4.11. The average Bonchev–Trinajstić information content (AvgIpc) is 2.81. The normalized spacial score (nSPS) is 10.6. The number of carboxylic acids is 1. The van der Waals surface area contributed by atoms with E-state index in [4.69, 9.17) is 5.11 Å². The molecule has 0 aromatic carbocycles. The van der Waals surface area contributed by atoms with Crippen LogP contribution in [0.3, 0.4) is 0 Å². The molecular formula is C11H10BrN5O4. The predicted molar refractivity (Wildman–Crippen MR) is 74.5 cm³/mol. The van der Waals surface area contributed by atoms with Crippen LogP contribution in [0.15, 0.2) is 16.9 Å². The second-order valence-corrected chi connectivity index (χ2v) is 4.82. The van der Waals surface area contributed by atoms with Gasteiger partial charge in [0, 0.05) is 26.7 Å². The molecule has 2 aromatic heterocycles. The molecule has 0 radical (unpaired) electrons. The zero-order chi connectivity index (χ0) is 15.6. The van der Waals surface area contributed by atoms with E-state index < -0.39 is 16.8 Å². The Balaban J connectivity index is 2.56. The number of carboxylic acid groups (broad SMARTS) is 1. The van der Waals surface area contributed by atoms with Gasteiger partial charge in [0.25, 0.3) is 4.73 Å². The Morgan fingerprint density at radius 2 is 2.19 bits per heavy atom. The van der Waals surface area contributed by atoms with Crippen molar-refractivity contribution in [1.29, 1.82) is 0 Å². The molecule has 0 aliphatic carbocycles. The minimum atomic E-state index is -1.11. The molecule has 10 heteroatoms. The first-order chi connectivity index (χ1) is 9.92. The number of carbonyl (C=O) groups is 1. The van der Waals surface area contributed by atoms with Gasteiger partial charge in [0.2, 0.25) is 0 Å². The highest BCUT2D eigenvalue weighted by Crippen LogP contribution is 2.18. The summed E-state index contributed by atoms with van der Waals surface area (Å²) in [6.07, 6.45) is 1.37. The fraction of sp³-hybridized carbons (Fsp3) is 0.273. The van der Waals surface area contributed by atoms with Crippen LogP contribution >= 0.6 is 15.9 Å². The van der Waals surface area contributed by atoms with E-state index in [0.717, 1.165) is 11.1 Å². The summed E-state index contributed by atoms with van der Waals surface area (Å²) in [5.41, 5.74) is 0.603. The third kappa shape index (κ3) is 3.21. The van der Waals surface area contributed by atoms with Crippen LogP contribution in [0.25, 0.3) is 5.82 Å². The highest BCUT2D eigenvalue weighted by molar-refractivity contribution is 9.10. The van der Waals surface area contributed by atoms with Gasteiger partial charge >= 0.3 is 11.9 Å². The SMILES string of the molecule is CCCc1cc(C(=O)O)cc(-n2nc([N+](=O)[O-])nc2Br)n1. The lowest BCUT2D eigenvalue weighted by atomic mass is 10.1. The predicted octanol–water partition coefficient (Wildman–Crippen LogP) is 1.98. The van der Waals surface area contributed by atoms with Crippen molar-refractivity contribution in [2.45, 2.75) is 19.8 Å². The number of aromatic carboxylic acids is 1. The molecule has 9 nitrogen and oxygen atoms in total. The Labute approximate surface area is 126 Å². The molecule has 0 bridgehead atoms. The third-order valence-electron chi connectivity index (χ3n) is 2.55. The lowest BCUT2D eigenvalue weighted by Gasteiger charge is -2.04. The van der Waals surface area contributed by atoms with E-state index in [1.54, 1.807) is 0 Å². The van der Waals surface area contributed by atoms with E-state index in [2.05, 4.69) is 31.0 Å². The number of nitro groups is 1. The summed E-state index contributed by atoms with van der Waals surface area (Å²) in [6.45, 7) is 1.94. The molecule has 0 unspecified atom stereocenters. The second kappa shape index (κ2) is 5.95. The first-order valence-electron chi connectivity index (χ1n) is 5.94. The number of pyridine rings is 1. The molecule has 2 rings (SSSR count). The minimum absolute atomic E-state index is 0.0357. The molecule has 0 spiro atoms. The van der Waals surface area contributed by atoms with Crippen LogP contribution in [0.5, 0.6) is 0 Å². The molecule has 0 saturated heterocycles. The summed E-state index contributed by atoms with van der Waals surface area (Å²) in [6, 6.07) is 2.75. The standard InChI is InChI=1S/C11H10BrN5O4/c1-2-3-7-4-6(9(18)19)5-8(13-7)16-10(12)14-11(15-16)17(20)21/h4-5H,2-3H2,1H3,(H,18,19). The van der Waals surface area contributed by atoms with Crippen molar-refractivity contribution in [3.05, 3.63) is 38.2 Å². The molecule has 2 heterocycles. The van der Waals surface area contributed by atoms with Crippen molar-refractivity contribution >= 4 is 27.8 Å². The summed E-state index contributed by atoms with van der Waals surface area (Å²) in [5, 5.41) is 23.5. The third-order valence-corrected chi connectivity index (χ3v) is 3.07. The van der Waals surface area contributed by atoms with Crippen LogP contribution in [-0.2, 0) is 6.42 Å². The molecule has 0 atom stereocenters. The van der Waals surface area contributed by atoms with Crippen molar-refractivity contribution in [3.63, 3.8) is 0 Å². The van der Waals surface area contributed by atoms with Crippen LogP contribution in [0.4, 0.5) is 5.95 Å². The van der Waals surface area contributed by atoms with Crippen LogP contribution in [0, 0.1) is 10.1 Å². The number of aromatic nitrogens is 4. The molecule has 2 aromatic rings. The van der Waals surface area contributed by atoms with Crippen molar-refractivity contribution in [2.24, 2.45) is 0 Å². The van der Waals surface area contributed by atoms with Gasteiger partial charge in [-0.3, -0.25) is 0 Å². The Hall–Kier alpha value is -2.36. The quantitative estimate of drug-likeness (QED) is 0.641. The molecule has 110 valence electrons. The first-order valence-corrected chi connectivity index (χ1v) is 6.73. The van der Waals surface area contributed by atoms with Crippen molar-refractivity contribution in [2.75, 3.05) is 0 Å². The van der Waals surface area contributed by atoms with Crippen LogP contribution < -0.4 is 0 Å². The smallest absolute Gasteiger partial charge is 0.478 e. The summed E-state index contributed by atoms with van der Waals surface area (Å²) in [4.78, 5) is 29.0. The van der Waals surface area contributed by atoms with Crippen molar-refractivity contribution < 1.29 is 14.8 Å². The topological polar surface area (TPSA) is 124 Å². The highest BCUT2D eigenvalue weighted by Gasteiger charge is 2.22. The van der Waals surface area contributed by atoms with E-state index in [1.165, 1.54) is 12.1 Å². The highest BCUT2D eigenvalue weighted by atomic mass is 79.9. The van der Waals surface area contributed by atoms with Gasteiger partial charge in [-0.05, 0) is 28.5 Å². The minimum Gasteiger partial charge on any atom is -0.478 e. The van der Waals surface area contributed by atoms with E-state index in [-0.39, 0.29) is 16.1 Å². The number of aryl methyl sites for hydroxylation is 1. The zero-order valence-corrected chi connectivity index (χ0v) is 12.4. The van der Waals surface area contributed by atoms with Gasteiger partial charge in [0.05, 0.1) is 5.56 Å². The zero-order valence-electron chi connectivity index (χ0n) is 10.9. The molecule has 0 amide bonds. The summed E-state index contributed by atoms with van der Waals surface area (Å²) < 4.78 is 1.16. The lowest BCUT2D eigenvalue weighted by Crippen LogP contribution is -2.07. The largest absolute Gasteiger partial charge is 0.492 e. The fourth-order valence-electron chi connectivity index (χ4n) is 1.69. The summed E-state index contributed by atoms with van der Waals surface area (Å²) >= 11 is 3.04. The first kappa shape index (κ1) is 15.0. The van der Waals surface area contributed by atoms with Gasteiger partial charge in [0.1, 0.15) is 0 Å². The van der Waals surface area contributed by atoms with Gasteiger partial charge in [-0.15, -0.1) is 4.68 Å². The van der Waals surface area contributed by atoms with Gasteiger partial charge in [-0.2, -0.15) is 0 Å². The maximum Gasteiger partial charge on any atom is 0.492 e. The Kier molecular flexibility index (Phi) is 4.26. The average molecular weight is 356 g/mol. The number of hydrogen-bond donors (Lipinski definition) is 1. The molecule has 0 aliphatic rings. The fourth-order valence-corrected chi connectivity index (χ4v) is 2.11. The van der Waals surface area contributed by atoms with E-state index in [9.17, 15) is 14.9 Å². The van der Waals surface area contributed by atoms with Gasteiger partial charge in [0.15, 0.2) is 5.82 Å². The Morgan fingerprint density at radius 3 is 2.71 bits per heavy atom. The Morgan fingerprint density at radius 1 is 1.48 bits per heavy atom. The number of halogens is 1. The molecule has 21 heavy (non-hydrogen) atoms. The van der Waals surface area contributed by atoms with Crippen molar-refractivity contribution in [3.8, 4) is 5.82 Å². The molecular weight excluding hydrogens is 346 g/mol. The molecule has 0 saturated carbocycles. The van der Waals surface area contributed by atoms with Gasteiger partial charge in [-0.25, -0.2) is 9.78 Å². The maximum atomic E-state index is 11.1. The van der Waals surface area contributed by atoms with Crippen LogP contribution in [0.2, 0.25) is 0 Å². The molecule has 0 fully saturated rings. The van der Waals surface area contributed by atoms with E-state index in [0.29, 0.717) is 12.1 Å². The van der Waals surface area contributed by atoms with E-state index >= 15 is 0 Å². The van der Waals surface area contributed by atoms with Gasteiger partial charge in [-0.1, -0.05) is 13.3 Å².